The van der Waals surface area contributed by atoms with Gasteiger partial charge in [-0.3, -0.25) is 14.2 Å². The number of amides is 1. The average Bonchev–Trinajstić information content (AvgIpc) is 3.78. The number of sulfone groups is 1. The van der Waals surface area contributed by atoms with Gasteiger partial charge in [0, 0.05) is 59.6 Å². The molecule has 53 heavy (non-hydrogen) atoms. The molecule has 2 N–H and O–H groups in total. The fourth-order valence-corrected chi connectivity index (χ4v) is 8.70. The van der Waals surface area contributed by atoms with Gasteiger partial charge >= 0.3 is 0 Å². The van der Waals surface area contributed by atoms with Crippen molar-refractivity contribution in [1.29, 1.82) is 0 Å². The summed E-state index contributed by atoms with van der Waals surface area (Å²) in [6, 6.07) is 8.87. The molecule has 1 saturated carbocycles. The Bertz CT molecular complexity index is 2530. The van der Waals surface area contributed by atoms with E-state index < -0.39 is 53.1 Å². The van der Waals surface area contributed by atoms with Crippen LogP contribution in [0.4, 0.5) is 14.6 Å². The van der Waals surface area contributed by atoms with Crippen molar-refractivity contribution in [3.63, 3.8) is 0 Å². The number of imidazole rings is 1. The lowest BCUT2D eigenvalue weighted by atomic mass is 9.93. The maximum absolute atomic E-state index is 14.5. The molecule has 2 atom stereocenters. The number of rotatable bonds is 11. The first kappa shape index (κ1) is 38.0. The summed E-state index contributed by atoms with van der Waals surface area (Å²) < 4.78 is 72.8. The lowest BCUT2D eigenvalue weighted by molar-refractivity contribution is -0.121. The molecule has 3 aromatic heterocycles. The fraction of sp³-hybridized carbons (Fsp3) is 0.324. The van der Waals surface area contributed by atoms with E-state index in [2.05, 4.69) is 37.8 Å². The number of carbonyl (C=O) groups is 1. The zero-order valence-electron chi connectivity index (χ0n) is 29.7. The van der Waals surface area contributed by atoms with Gasteiger partial charge in [0.2, 0.25) is 5.91 Å². The highest BCUT2D eigenvalue weighted by molar-refractivity contribution is 8.00. The molecule has 1 aliphatic carbocycles. The Morgan fingerprint density at radius 1 is 1.09 bits per heavy atom. The second-order valence-corrected chi connectivity index (χ2v) is 19.2. The smallest absolute Gasteiger partial charge is 0.228 e. The molecule has 0 spiro atoms. The van der Waals surface area contributed by atoms with Gasteiger partial charge in [-0.1, -0.05) is 23.6 Å². The largest absolute Gasteiger partial charge is 0.347 e. The van der Waals surface area contributed by atoms with E-state index >= 15 is 0 Å². The zero-order chi connectivity index (χ0) is 38.5. The molecular formula is C37H38ClF2N7O4S2. The zero-order valence-corrected chi connectivity index (χ0v) is 32.1. The molecule has 6 rings (SSSR count). The maximum atomic E-state index is 14.5. The Morgan fingerprint density at radius 2 is 1.77 bits per heavy atom. The number of nitrogens with zero attached hydrogens (tertiary/aromatic N) is 5. The Hall–Kier alpha value is -4.78. The van der Waals surface area contributed by atoms with Crippen molar-refractivity contribution >= 4 is 59.6 Å². The van der Waals surface area contributed by atoms with Crippen LogP contribution in [-0.2, 0) is 51.3 Å². The lowest BCUT2D eigenvalue weighted by Crippen LogP contribution is -2.33. The molecule has 0 radical (unpaired) electrons. The number of fused-ring (bicyclic) bond motifs is 1. The van der Waals surface area contributed by atoms with Crippen molar-refractivity contribution in [3.8, 4) is 23.0 Å². The van der Waals surface area contributed by atoms with Crippen LogP contribution in [0.5, 0.6) is 0 Å². The molecule has 278 valence electrons. The number of benzene rings is 2. The maximum Gasteiger partial charge on any atom is 0.228 e. The molecule has 0 bridgehead atoms. The second kappa shape index (κ2) is 14.2. The minimum Gasteiger partial charge on any atom is -0.347 e. The lowest BCUT2D eigenvalue weighted by Gasteiger charge is -2.23. The first-order chi connectivity index (χ1) is 24.8. The van der Waals surface area contributed by atoms with Gasteiger partial charge in [0.25, 0.3) is 0 Å². The van der Waals surface area contributed by atoms with Gasteiger partial charge in [0.15, 0.2) is 15.7 Å². The van der Waals surface area contributed by atoms with E-state index in [1.165, 1.54) is 18.4 Å². The number of hydrogen-bond donors (Lipinski definition) is 2. The molecule has 3 heterocycles. The number of pyridine rings is 1. The van der Waals surface area contributed by atoms with Crippen LogP contribution in [0.3, 0.4) is 0 Å². The molecular weight excluding hydrogens is 744 g/mol. The van der Waals surface area contributed by atoms with Gasteiger partial charge in [-0.2, -0.15) is 5.10 Å². The quantitative estimate of drug-likeness (QED) is 0.137. The Balaban J connectivity index is 1.56. The summed E-state index contributed by atoms with van der Waals surface area (Å²) in [5.41, 5.74) is 2.30. The van der Waals surface area contributed by atoms with E-state index in [1.54, 1.807) is 73.9 Å². The minimum absolute atomic E-state index is 0.0895. The van der Waals surface area contributed by atoms with Gasteiger partial charge < -0.3 is 9.88 Å². The predicted octanol–water partition coefficient (Wildman–Crippen LogP) is 5.32. The van der Waals surface area contributed by atoms with Crippen molar-refractivity contribution in [2.45, 2.75) is 55.6 Å². The van der Waals surface area contributed by atoms with Crippen LogP contribution in [-0.4, -0.2) is 65.0 Å². The SMILES string of the molecule is C=S(C)(=O)Nc1nn(C)c2c(-c3ccc(C#CC(C)(C)S(=O)(=O)C4CC4)nc3[C@H](Cc3cc(F)cc(F)c3)NC(=O)Cc3nccn3C)ccc(Cl)c12. The average molecular weight is 782 g/mol. The number of anilines is 1. The van der Waals surface area contributed by atoms with Crippen LogP contribution in [0, 0.1) is 23.5 Å². The third-order valence-corrected chi connectivity index (χ3v) is 12.7. The molecule has 0 aliphatic heterocycles. The normalized spacial score (nSPS) is 15.0. The Labute approximate surface area is 312 Å². The minimum atomic E-state index is -3.54. The molecule has 1 unspecified atom stereocenters. The number of aryl methyl sites for hydroxylation is 2. The highest BCUT2D eigenvalue weighted by atomic mass is 35.5. The summed E-state index contributed by atoms with van der Waals surface area (Å²) in [6.07, 6.45) is 5.69. The molecule has 2 aromatic carbocycles. The van der Waals surface area contributed by atoms with Crippen LogP contribution >= 0.6 is 11.6 Å². The van der Waals surface area contributed by atoms with Crippen LogP contribution in [0.1, 0.15) is 55.5 Å². The van der Waals surface area contributed by atoms with Crippen LogP contribution in [0.25, 0.3) is 22.0 Å². The van der Waals surface area contributed by atoms with Gasteiger partial charge in [-0.15, -0.1) is 0 Å². The van der Waals surface area contributed by atoms with E-state index in [9.17, 15) is 26.2 Å². The van der Waals surface area contributed by atoms with E-state index in [0.29, 0.717) is 45.7 Å². The summed E-state index contributed by atoms with van der Waals surface area (Å²) in [5, 5.41) is 7.88. The summed E-state index contributed by atoms with van der Waals surface area (Å²) in [4.78, 5) is 22.8. The van der Waals surface area contributed by atoms with Crippen molar-refractivity contribution in [1.82, 2.24) is 29.6 Å². The van der Waals surface area contributed by atoms with Crippen molar-refractivity contribution in [3.05, 3.63) is 94.3 Å². The van der Waals surface area contributed by atoms with E-state index in [4.69, 9.17) is 16.6 Å². The molecule has 0 saturated heterocycles. The number of carbonyl (C=O) groups excluding carboxylic acids is 1. The van der Waals surface area contributed by atoms with E-state index in [-0.39, 0.29) is 35.6 Å². The summed E-state index contributed by atoms with van der Waals surface area (Å²) in [7, 11) is -2.86. The highest BCUT2D eigenvalue weighted by Gasteiger charge is 2.45. The van der Waals surface area contributed by atoms with Gasteiger partial charge in [0.1, 0.15) is 27.9 Å². The van der Waals surface area contributed by atoms with Gasteiger partial charge in [0.05, 0.1) is 39.3 Å². The topological polar surface area (TPSA) is 141 Å². The summed E-state index contributed by atoms with van der Waals surface area (Å²) >= 11 is 6.70. The Kier molecular flexibility index (Phi) is 10.2. The number of hydrogen-bond acceptors (Lipinski definition) is 7. The Morgan fingerprint density at radius 3 is 2.40 bits per heavy atom. The van der Waals surface area contributed by atoms with E-state index in [1.807, 2.05) is 0 Å². The third-order valence-electron chi connectivity index (χ3n) is 8.90. The monoisotopic (exact) mass is 781 g/mol. The summed E-state index contributed by atoms with van der Waals surface area (Å²) in [5.74, 6) is 8.21. The van der Waals surface area contributed by atoms with Crippen molar-refractivity contribution < 1.29 is 26.2 Å². The second-order valence-electron chi connectivity index (χ2n) is 13.8. The number of aromatic nitrogens is 5. The number of nitrogens with one attached hydrogen (secondary N) is 2. The molecule has 1 amide bonds. The van der Waals surface area contributed by atoms with Crippen LogP contribution in [0.2, 0.25) is 5.02 Å². The first-order valence-corrected chi connectivity index (χ1v) is 20.6. The van der Waals surface area contributed by atoms with Gasteiger partial charge in [-0.05, 0) is 80.8 Å². The van der Waals surface area contributed by atoms with Crippen LogP contribution in [0.15, 0.2) is 54.9 Å². The standard InChI is InChI=1S/C37H38ClF2N7O4S2/c1-37(2,53(50,51)26-8-9-26)14-13-25-7-10-27(28-11-12-29(38)33-35(28)47(4)44-36(33)45-52(5,6)49)34(42-25)30(19-22-17-23(39)20-24(40)18-22)43-32(48)21-31-41-15-16-46(31)3/h7,10-12,15-18,20,26,30H,5,8-9,19,21H2,1-4,6H3,(H,43,48)(H,44,45,49)/t30-,52?/m0/s1. The molecule has 5 aromatic rings. The molecule has 16 heteroatoms. The molecule has 11 nitrogen and oxygen atoms in total. The van der Waals surface area contributed by atoms with E-state index in [0.717, 1.165) is 6.07 Å². The molecule has 1 fully saturated rings. The first-order valence-electron chi connectivity index (χ1n) is 16.6. The number of halogens is 3. The predicted molar refractivity (Wildman–Crippen MR) is 205 cm³/mol. The van der Waals surface area contributed by atoms with Crippen LogP contribution < -0.4 is 10.0 Å². The highest BCUT2D eigenvalue weighted by Crippen LogP contribution is 2.40. The van der Waals surface area contributed by atoms with Crippen molar-refractivity contribution in [2.75, 3.05) is 11.0 Å². The summed E-state index contributed by atoms with van der Waals surface area (Å²) in [6.45, 7) is 3.11. The van der Waals surface area contributed by atoms with Gasteiger partial charge in [-0.25, -0.2) is 31.4 Å². The molecule has 1 aliphatic rings. The van der Waals surface area contributed by atoms with Crippen molar-refractivity contribution in [2.24, 2.45) is 14.1 Å². The fourth-order valence-electron chi connectivity index (χ4n) is 6.13. The third kappa shape index (κ3) is 8.24.